The summed E-state index contributed by atoms with van der Waals surface area (Å²) in [6.45, 7) is 6.48. The number of hydrogen-bond acceptors (Lipinski definition) is 7. The van der Waals surface area contributed by atoms with E-state index in [4.69, 9.17) is 9.47 Å². The standard InChI is InChI=1S/C43H52N4O5/c1-3-4-5-9-16-41(48)51-37-23-19-34(20-24-37)32-44-31-33-17-21-36(22-18-33)42(49)46(2)29-30-47-27-25-38(26-28-47)52-43(50)45-40-15-11-10-14-39(40)35-12-7-6-8-13-35/h6-8,10-15,17-24,38,44H,3-5,9,16,25-32H2,1-2H3,(H,45,50). The summed E-state index contributed by atoms with van der Waals surface area (Å²) < 4.78 is 11.2. The maximum atomic E-state index is 13.1. The van der Waals surface area contributed by atoms with Crippen LogP contribution in [0, 0.1) is 0 Å². The van der Waals surface area contributed by atoms with E-state index in [0.29, 0.717) is 37.4 Å². The van der Waals surface area contributed by atoms with Crippen molar-refractivity contribution in [2.24, 2.45) is 0 Å². The molecule has 0 saturated carbocycles. The van der Waals surface area contributed by atoms with Crippen molar-refractivity contribution in [2.75, 3.05) is 38.5 Å². The number of amides is 2. The van der Waals surface area contributed by atoms with E-state index in [1.165, 1.54) is 0 Å². The van der Waals surface area contributed by atoms with Crippen LogP contribution in [0.3, 0.4) is 0 Å². The van der Waals surface area contributed by atoms with E-state index in [0.717, 1.165) is 86.1 Å². The highest BCUT2D eigenvalue weighted by Crippen LogP contribution is 2.28. The van der Waals surface area contributed by atoms with Gasteiger partial charge in [0.25, 0.3) is 5.91 Å². The number of nitrogens with zero attached hydrogens (tertiary/aromatic N) is 2. The minimum Gasteiger partial charge on any atom is -0.446 e. The molecule has 0 aromatic heterocycles. The van der Waals surface area contributed by atoms with E-state index in [1.54, 1.807) is 4.90 Å². The van der Waals surface area contributed by atoms with Gasteiger partial charge in [-0.05, 0) is 66.3 Å². The molecule has 9 heteroatoms. The molecule has 0 bridgehead atoms. The quantitative estimate of drug-likeness (QED) is 0.0648. The molecule has 0 aliphatic carbocycles. The zero-order chi connectivity index (χ0) is 36.5. The molecular weight excluding hydrogens is 652 g/mol. The van der Waals surface area contributed by atoms with E-state index in [-0.39, 0.29) is 18.0 Å². The summed E-state index contributed by atoms with van der Waals surface area (Å²) in [5, 5.41) is 6.37. The van der Waals surface area contributed by atoms with Gasteiger partial charge in [-0.1, -0.05) is 99.0 Å². The number of nitrogens with one attached hydrogen (secondary N) is 2. The number of unbranched alkanes of at least 4 members (excludes halogenated alkanes) is 3. The molecule has 52 heavy (non-hydrogen) atoms. The highest BCUT2D eigenvalue weighted by atomic mass is 16.6. The lowest BCUT2D eigenvalue weighted by molar-refractivity contribution is -0.134. The summed E-state index contributed by atoms with van der Waals surface area (Å²) in [5.74, 6) is 0.391. The monoisotopic (exact) mass is 704 g/mol. The third-order valence-electron chi connectivity index (χ3n) is 9.40. The lowest BCUT2D eigenvalue weighted by atomic mass is 10.0. The molecule has 0 spiro atoms. The van der Waals surface area contributed by atoms with Gasteiger partial charge < -0.3 is 24.6 Å². The van der Waals surface area contributed by atoms with Crippen molar-refractivity contribution in [3.8, 4) is 16.9 Å². The maximum absolute atomic E-state index is 13.1. The largest absolute Gasteiger partial charge is 0.446 e. The molecule has 1 fully saturated rings. The predicted molar refractivity (Wildman–Crippen MR) is 206 cm³/mol. The van der Waals surface area contributed by atoms with E-state index in [9.17, 15) is 14.4 Å². The van der Waals surface area contributed by atoms with Gasteiger partial charge in [-0.3, -0.25) is 14.9 Å². The van der Waals surface area contributed by atoms with Gasteiger partial charge in [0.1, 0.15) is 11.9 Å². The average molecular weight is 705 g/mol. The van der Waals surface area contributed by atoms with Crippen LogP contribution in [0.2, 0.25) is 0 Å². The van der Waals surface area contributed by atoms with Crippen molar-refractivity contribution in [2.45, 2.75) is 71.1 Å². The first-order valence-electron chi connectivity index (χ1n) is 18.6. The van der Waals surface area contributed by atoms with Crippen LogP contribution in [0.4, 0.5) is 10.5 Å². The van der Waals surface area contributed by atoms with Gasteiger partial charge in [0.15, 0.2) is 0 Å². The van der Waals surface area contributed by atoms with Crippen LogP contribution in [0.5, 0.6) is 5.75 Å². The van der Waals surface area contributed by atoms with Crippen LogP contribution in [-0.2, 0) is 22.6 Å². The average Bonchev–Trinajstić information content (AvgIpc) is 3.17. The highest BCUT2D eigenvalue weighted by Gasteiger charge is 2.23. The molecule has 4 aromatic rings. The lowest BCUT2D eigenvalue weighted by Gasteiger charge is -2.32. The molecule has 274 valence electrons. The molecule has 9 nitrogen and oxygen atoms in total. The van der Waals surface area contributed by atoms with Crippen LogP contribution in [-0.4, -0.2) is 67.1 Å². The minimum atomic E-state index is -0.437. The zero-order valence-corrected chi connectivity index (χ0v) is 30.5. The minimum absolute atomic E-state index is 0.00747. The number of carbonyl (C=O) groups excluding carboxylic acids is 3. The van der Waals surface area contributed by atoms with Gasteiger partial charge in [-0.25, -0.2) is 4.79 Å². The molecular formula is C43H52N4O5. The van der Waals surface area contributed by atoms with Crippen LogP contribution >= 0.6 is 0 Å². The second kappa shape index (κ2) is 20.2. The topological polar surface area (TPSA) is 100 Å². The third kappa shape index (κ3) is 12.1. The van der Waals surface area contributed by atoms with Gasteiger partial charge in [0.05, 0.1) is 5.69 Å². The number of likely N-dealkylation sites (tertiary alicyclic amines) is 1. The van der Waals surface area contributed by atoms with Gasteiger partial charge in [-0.2, -0.15) is 0 Å². The van der Waals surface area contributed by atoms with Gasteiger partial charge in [-0.15, -0.1) is 0 Å². The molecule has 1 aliphatic heterocycles. The summed E-state index contributed by atoms with van der Waals surface area (Å²) in [5.41, 5.74) is 5.55. The summed E-state index contributed by atoms with van der Waals surface area (Å²) in [7, 11) is 1.84. The van der Waals surface area contributed by atoms with Crippen LogP contribution in [0.15, 0.2) is 103 Å². The Bertz CT molecular complexity index is 1700. The second-order valence-electron chi connectivity index (χ2n) is 13.4. The number of benzene rings is 4. The Morgan fingerprint density at radius 1 is 0.788 bits per heavy atom. The summed E-state index contributed by atoms with van der Waals surface area (Å²) in [6, 6.07) is 33.0. The van der Waals surface area contributed by atoms with E-state index >= 15 is 0 Å². The summed E-state index contributed by atoms with van der Waals surface area (Å²) >= 11 is 0. The Morgan fingerprint density at radius 3 is 2.13 bits per heavy atom. The first kappa shape index (κ1) is 38.2. The van der Waals surface area contributed by atoms with Crippen LogP contribution in [0.25, 0.3) is 11.1 Å². The Kier molecular flexibility index (Phi) is 14.8. The van der Waals surface area contributed by atoms with Crippen molar-refractivity contribution >= 4 is 23.7 Å². The Hall–Kier alpha value is -4.99. The van der Waals surface area contributed by atoms with Crippen molar-refractivity contribution in [3.63, 3.8) is 0 Å². The molecule has 0 atom stereocenters. The van der Waals surface area contributed by atoms with Crippen LogP contribution < -0.4 is 15.4 Å². The normalized spacial score (nSPS) is 13.3. The first-order chi connectivity index (χ1) is 25.4. The fourth-order valence-electron chi connectivity index (χ4n) is 6.29. The fraction of sp³-hybridized carbons (Fsp3) is 0.372. The lowest BCUT2D eigenvalue weighted by Crippen LogP contribution is -2.42. The third-order valence-corrected chi connectivity index (χ3v) is 9.40. The molecule has 1 heterocycles. The van der Waals surface area contributed by atoms with Crippen molar-refractivity contribution in [1.29, 1.82) is 0 Å². The molecule has 2 amide bonds. The molecule has 5 rings (SSSR count). The number of para-hydroxylation sites is 1. The summed E-state index contributed by atoms with van der Waals surface area (Å²) in [6.07, 6.45) is 5.59. The van der Waals surface area contributed by atoms with E-state index in [1.807, 2.05) is 110 Å². The fourth-order valence-corrected chi connectivity index (χ4v) is 6.29. The highest BCUT2D eigenvalue weighted by molar-refractivity contribution is 5.94. The van der Waals surface area contributed by atoms with E-state index in [2.05, 4.69) is 22.5 Å². The summed E-state index contributed by atoms with van der Waals surface area (Å²) in [4.78, 5) is 42.0. The van der Waals surface area contributed by atoms with E-state index < -0.39 is 6.09 Å². The second-order valence-corrected chi connectivity index (χ2v) is 13.4. The predicted octanol–water partition coefficient (Wildman–Crippen LogP) is 8.30. The Morgan fingerprint density at radius 2 is 1.44 bits per heavy atom. The molecule has 2 N–H and O–H groups in total. The van der Waals surface area contributed by atoms with Crippen molar-refractivity contribution in [3.05, 3.63) is 120 Å². The number of carbonyl (C=O) groups is 3. The molecule has 0 unspecified atom stereocenters. The number of rotatable bonds is 17. The zero-order valence-electron chi connectivity index (χ0n) is 30.5. The Balaban J connectivity index is 0.966. The number of piperidine rings is 1. The SMILES string of the molecule is CCCCCCC(=O)Oc1ccc(CNCc2ccc(C(=O)N(C)CCN3CCC(OC(=O)Nc4ccccc4-c4ccccc4)CC3)cc2)cc1. The number of likely N-dealkylation sites (N-methyl/N-ethyl adjacent to an activating group) is 1. The molecule has 1 saturated heterocycles. The molecule has 0 radical (unpaired) electrons. The number of ether oxygens (including phenoxy) is 2. The Labute approximate surface area is 308 Å². The van der Waals surface area contributed by atoms with Crippen molar-refractivity contribution in [1.82, 2.24) is 15.1 Å². The first-order valence-corrected chi connectivity index (χ1v) is 18.6. The van der Waals surface area contributed by atoms with Gasteiger partial charge in [0, 0.05) is 63.9 Å². The number of hydrogen-bond donors (Lipinski definition) is 2. The van der Waals surface area contributed by atoms with Crippen LogP contribution in [0.1, 0.15) is 73.4 Å². The number of anilines is 1. The van der Waals surface area contributed by atoms with Crippen molar-refractivity contribution < 1.29 is 23.9 Å². The van der Waals surface area contributed by atoms with Gasteiger partial charge >= 0.3 is 12.1 Å². The maximum Gasteiger partial charge on any atom is 0.411 e. The molecule has 1 aliphatic rings. The smallest absolute Gasteiger partial charge is 0.411 e. The molecule has 4 aromatic carbocycles. The number of esters is 1. The van der Waals surface area contributed by atoms with Gasteiger partial charge in [0.2, 0.25) is 0 Å².